The van der Waals surface area contributed by atoms with Gasteiger partial charge >= 0.3 is 0 Å². The SMILES string of the molecule is Cc1ccc(S(=O)(=O)N2C[C@H](Cc3ccccc3)N(S(=O)(=O)c3ccc(C)cc3)CCc3ccccc32)cc1. The van der Waals surface area contributed by atoms with E-state index in [1.165, 1.54) is 8.61 Å². The predicted molar refractivity (Wildman–Crippen MR) is 155 cm³/mol. The molecule has 0 saturated heterocycles. The Kier molecular flexibility index (Phi) is 7.62. The van der Waals surface area contributed by atoms with Crippen LogP contribution in [0.15, 0.2) is 113 Å². The van der Waals surface area contributed by atoms with Gasteiger partial charge in [0.15, 0.2) is 0 Å². The topological polar surface area (TPSA) is 74.8 Å². The van der Waals surface area contributed by atoms with Crippen LogP contribution in [0.3, 0.4) is 0 Å². The highest BCUT2D eigenvalue weighted by Crippen LogP contribution is 2.33. The Morgan fingerprint density at radius 3 is 1.82 bits per heavy atom. The molecule has 0 unspecified atom stereocenters. The number of anilines is 1. The van der Waals surface area contributed by atoms with E-state index in [1.807, 2.05) is 68.4 Å². The van der Waals surface area contributed by atoms with Crippen LogP contribution in [0.2, 0.25) is 0 Å². The number of rotatable bonds is 6. The summed E-state index contributed by atoms with van der Waals surface area (Å²) in [6.45, 7) is 4.04. The standard InChI is InChI=1S/C31H32N2O4S2/c1-24-12-16-29(17-13-24)38(34,35)32-21-20-27-10-6-7-11-31(27)33(23-28(32)22-26-8-4-3-5-9-26)39(36,37)30-18-14-25(2)15-19-30/h3-19,28H,20-23H2,1-2H3/t28-/m0/s1. The number of aryl methyl sites for hydroxylation is 2. The minimum atomic E-state index is -3.98. The summed E-state index contributed by atoms with van der Waals surface area (Å²) in [6.07, 6.45) is 0.750. The fourth-order valence-electron chi connectivity index (χ4n) is 5.04. The summed E-state index contributed by atoms with van der Waals surface area (Å²) < 4.78 is 59.4. The molecule has 4 aromatic carbocycles. The van der Waals surface area contributed by atoms with Crippen LogP contribution in [0, 0.1) is 13.8 Å². The van der Waals surface area contributed by atoms with Crippen LogP contribution in [0.1, 0.15) is 22.3 Å². The Hall–Kier alpha value is -3.46. The molecular formula is C31H32N2O4S2. The first-order chi connectivity index (χ1) is 18.7. The lowest BCUT2D eigenvalue weighted by Crippen LogP contribution is -2.51. The molecule has 0 radical (unpaired) electrons. The second-order valence-electron chi connectivity index (χ2n) is 10.0. The molecule has 1 aliphatic rings. The zero-order valence-electron chi connectivity index (χ0n) is 22.1. The number of benzene rings is 4. The Bertz CT molecular complexity index is 1650. The molecule has 0 saturated carbocycles. The van der Waals surface area contributed by atoms with Crippen molar-refractivity contribution in [3.63, 3.8) is 0 Å². The Labute approximate surface area is 231 Å². The predicted octanol–water partition coefficient (Wildman–Crippen LogP) is 5.36. The van der Waals surface area contributed by atoms with E-state index in [2.05, 4.69) is 0 Å². The fourth-order valence-corrected chi connectivity index (χ4v) is 8.20. The van der Waals surface area contributed by atoms with Gasteiger partial charge in [-0.3, -0.25) is 4.31 Å². The second-order valence-corrected chi connectivity index (χ2v) is 13.8. The Morgan fingerprint density at radius 1 is 0.667 bits per heavy atom. The summed E-state index contributed by atoms with van der Waals surface area (Å²) in [5.41, 5.74) is 4.23. The van der Waals surface area contributed by atoms with Crippen LogP contribution >= 0.6 is 0 Å². The summed E-state index contributed by atoms with van der Waals surface area (Å²) in [4.78, 5) is 0.378. The monoisotopic (exact) mass is 560 g/mol. The van der Waals surface area contributed by atoms with E-state index in [-0.39, 0.29) is 22.9 Å². The van der Waals surface area contributed by atoms with E-state index >= 15 is 0 Å². The molecule has 0 fully saturated rings. The van der Waals surface area contributed by atoms with E-state index in [9.17, 15) is 16.8 Å². The summed E-state index contributed by atoms with van der Waals surface area (Å²) >= 11 is 0. The zero-order valence-corrected chi connectivity index (χ0v) is 23.7. The van der Waals surface area contributed by atoms with Crippen molar-refractivity contribution in [3.05, 3.63) is 125 Å². The molecule has 0 spiro atoms. The van der Waals surface area contributed by atoms with Crippen molar-refractivity contribution in [2.45, 2.75) is 42.5 Å². The maximum absolute atomic E-state index is 14.1. The van der Waals surface area contributed by atoms with Crippen LogP contribution in [-0.2, 0) is 32.9 Å². The molecule has 5 rings (SSSR count). The zero-order chi connectivity index (χ0) is 27.6. The minimum absolute atomic E-state index is 0.0206. The van der Waals surface area contributed by atoms with Crippen molar-refractivity contribution in [1.82, 2.24) is 4.31 Å². The average Bonchev–Trinajstić information content (AvgIpc) is 2.91. The first-order valence-corrected chi connectivity index (χ1v) is 15.8. The molecule has 8 heteroatoms. The van der Waals surface area contributed by atoms with Gasteiger partial charge in [0.05, 0.1) is 22.0 Å². The Morgan fingerprint density at radius 2 is 1.21 bits per heavy atom. The molecule has 202 valence electrons. The van der Waals surface area contributed by atoms with Gasteiger partial charge in [0.1, 0.15) is 0 Å². The van der Waals surface area contributed by atoms with Gasteiger partial charge in [-0.15, -0.1) is 0 Å². The van der Waals surface area contributed by atoms with E-state index < -0.39 is 26.1 Å². The van der Waals surface area contributed by atoms with Gasteiger partial charge in [0.2, 0.25) is 10.0 Å². The smallest absolute Gasteiger partial charge is 0.264 e. The third-order valence-electron chi connectivity index (χ3n) is 7.20. The summed E-state index contributed by atoms with van der Waals surface area (Å²) in [6, 6.07) is 29.9. The quantitative estimate of drug-likeness (QED) is 0.318. The van der Waals surface area contributed by atoms with Gasteiger partial charge in [-0.1, -0.05) is 83.9 Å². The lowest BCUT2D eigenvalue weighted by Gasteiger charge is -2.38. The summed E-state index contributed by atoms with van der Waals surface area (Å²) in [5.74, 6) is 0. The lowest BCUT2D eigenvalue weighted by molar-refractivity contribution is 0.320. The van der Waals surface area contributed by atoms with Gasteiger partial charge in [-0.05, 0) is 68.1 Å². The maximum Gasteiger partial charge on any atom is 0.264 e. The molecule has 0 amide bonds. The number of fused-ring (bicyclic) bond motifs is 1. The number of hydrogen-bond acceptors (Lipinski definition) is 4. The van der Waals surface area contributed by atoms with E-state index in [0.29, 0.717) is 18.5 Å². The molecule has 0 aliphatic carbocycles. The third-order valence-corrected chi connectivity index (χ3v) is 11.0. The highest BCUT2D eigenvalue weighted by atomic mass is 32.2. The van der Waals surface area contributed by atoms with Gasteiger partial charge < -0.3 is 0 Å². The average molecular weight is 561 g/mol. The molecule has 1 heterocycles. The highest BCUT2D eigenvalue weighted by Gasteiger charge is 2.38. The molecule has 1 aliphatic heterocycles. The van der Waals surface area contributed by atoms with Crippen LogP contribution in [0.4, 0.5) is 5.69 Å². The van der Waals surface area contributed by atoms with Crippen LogP contribution in [0.25, 0.3) is 0 Å². The van der Waals surface area contributed by atoms with Gasteiger partial charge in [0.25, 0.3) is 10.0 Å². The van der Waals surface area contributed by atoms with Crippen molar-refractivity contribution in [2.75, 3.05) is 17.4 Å². The van der Waals surface area contributed by atoms with E-state index in [1.54, 1.807) is 48.5 Å². The van der Waals surface area contributed by atoms with Crippen molar-refractivity contribution in [3.8, 4) is 0 Å². The van der Waals surface area contributed by atoms with Crippen molar-refractivity contribution in [2.24, 2.45) is 0 Å². The molecule has 6 nitrogen and oxygen atoms in total. The molecule has 0 bridgehead atoms. The van der Waals surface area contributed by atoms with Gasteiger partial charge in [0, 0.05) is 12.6 Å². The molecule has 39 heavy (non-hydrogen) atoms. The van der Waals surface area contributed by atoms with E-state index in [4.69, 9.17) is 0 Å². The highest BCUT2D eigenvalue weighted by molar-refractivity contribution is 7.92. The molecule has 1 atom stereocenters. The van der Waals surface area contributed by atoms with Crippen molar-refractivity contribution < 1.29 is 16.8 Å². The molecule has 4 aromatic rings. The van der Waals surface area contributed by atoms with Crippen molar-refractivity contribution in [1.29, 1.82) is 0 Å². The van der Waals surface area contributed by atoms with Crippen LogP contribution in [-0.4, -0.2) is 40.3 Å². The van der Waals surface area contributed by atoms with Gasteiger partial charge in [-0.2, -0.15) is 4.31 Å². The summed E-state index contributed by atoms with van der Waals surface area (Å²) in [5, 5.41) is 0. The maximum atomic E-state index is 14.1. The normalized spacial score (nSPS) is 16.8. The third kappa shape index (κ3) is 5.64. The molecular weight excluding hydrogens is 528 g/mol. The molecule has 0 aromatic heterocycles. The number of hydrogen-bond donors (Lipinski definition) is 0. The Balaban J connectivity index is 1.66. The number of sulfonamides is 2. The summed E-state index contributed by atoms with van der Waals surface area (Å²) in [7, 11) is -7.90. The van der Waals surface area contributed by atoms with E-state index in [0.717, 1.165) is 22.3 Å². The number of para-hydroxylation sites is 1. The van der Waals surface area contributed by atoms with Crippen LogP contribution < -0.4 is 4.31 Å². The lowest BCUT2D eigenvalue weighted by atomic mass is 10.0. The molecule has 0 N–H and O–H groups in total. The fraction of sp³-hybridized carbons (Fsp3) is 0.226. The first-order valence-electron chi connectivity index (χ1n) is 13.0. The van der Waals surface area contributed by atoms with Crippen molar-refractivity contribution >= 4 is 25.7 Å². The van der Waals surface area contributed by atoms with Gasteiger partial charge in [-0.25, -0.2) is 16.8 Å². The number of nitrogens with zero attached hydrogens (tertiary/aromatic N) is 2. The largest absolute Gasteiger partial charge is 0.264 e. The minimum Gasteiger partial charge on any atom is -0.264 e. The first kappa shape index (κ1) is 27.1. The van der Waals surface area contributed by atoms with Crippen LogP contribution in [0.5, 0.6) is 0 Å². The second kappa shape index (κ2) is 11.0.